The molecule has 2 aromatic carbocycles. The predicted molar refractivity (Wildman–Crippen MR) is 145 cm³/mol. The Hall–Kier alpha value is -2.87. The first-order valence-electron chi connectivity index (χ1n) is 13.3. The van der Waals surface area contributed by atoms with E-state index in [0.717, 1.165) is 27.9 Å². The van der Waals surface area contributed by atoms with Crippen LogP contribution in [0.2, 0.25) is 0 Å². The number of rotatable bonds is 9. The van der Waals surface area contributed by atoms with E-state index >= 15 is 0 Å². The summed E-state index contributed by atoms with van der Waals surface area (Å²) in [5.74, 6) is 0.478. The van der Waals surface area contributed by atoms with Gasteiger partial charge < -0.3 is 19.7 Å². The lowest BCUT2D eigenvalue weighted by atomic mass is 9.81. The molecule has 1 aliphatic rings. The summed E-state index contributed by atoms with van der Waals surface area (Å²) in [6.45, 7) is 6.34. The van der Waals surface area contributed by atoms with Gasteiger partial charge in [-0.25, -0.2) is 14.6 Å². The molecule has 0 unspecified atom stereocenters. The number of amides is 1. The molecule has 1 amide bonds. The van der Waals surface area contributed by atoms with Gasteiger partial charge >= 0.3 is 6.09 Å². The number of H-pyrrole nitrogens is 1. The number of nitrogens with zero attached hydrogens (tertiary/aromatic N) is 1. The maximum absolute atomic E-state index is 12.9. The molecule has 0 radical (unpaired) electrons. The monoisotopic (exact) mass is 508 g/mol. The zero-order chi connectivity index (χ0) is 26.4. The summed E-state index contributed by atoms with van der Waals surface area (Å²) in [4.78, 5) is 28.2. The Kier molecular flexibility index (Phi) is 8.90. The van der Waals surface area contributed by atoms with E-state index in [0.29, 0.717) is 19.1 Å². The number of carbonyl (C=O) groups excluding carboxylic acids is 1. The number of aromatic nitrogens is 1. The third kappa shape index (κ3) is 6.72. The summed E-state index contributed by atoms with van der Waals surface area (Å²) < 4.78 is 5.63. The van der Waals surface area contributed by atoms with Crippen LogP contribution in [0.5, 0.6) is 0 Å². The van der Waals surface area contributed by atoms with Crippen LogP contribution in [-0.4, -0.2) is 46.9 Å². The summed E-state index contributed by atoms with van der Waals surface area (Å²) in [5.41, 5.74) is 6.03. The molecule has 0 spiro atoms. The Bertz CT molecular complexity index is 1190. The van der Waals surface area contributed by atoms with Crippen molar-refractivity contribution < 1.29 is 24.4 Å². The van der Waals surface area contributed by atoms with Gasteiger partial charge in [0.15, 0.2) is 0 Å². The van der Waals surface area contributed by atoms with Crippen LogP contribution in [0.25, 0.3) is 22.2 Å². The fourth-order valence-electron chi connectivity index (χ4n) is 5.30. The van der Waals surface area contributed by atoms with Crippen LogP contribution in [0, 0.1) is 0 Å². The first-order chi connectivity index (χ1) is 17.8. The van der Waals surface area contributed by atoms with Crippen LogP contribution in [-0.2, 0) is 27.7 Å². The van der Waals surface area contributed by atoms with E-state index in [1.807, 2.05) is 32.9 Å². The number of carbonyl (C=O) groups is 1. The van der Waals surface area contributed by atoms with Crippen molar-refractivity contribution in [2.45, 2.75) is 77.5 Å². The van der Waals surface area contributed by atoms with Gasteiger partial charge in [-0.15, -0.1) is 0 Å². The van der Waals surface area contributed by atoms with E-state index in [2.05, 4.69) is 35.3 Å². The lowest BCUT2D eigenvalue weighted by Crippen LogP contribution is -2.38. The predicted octanol–water partition coefficient (Wildman–Crippen LogP) is 6.69. The van der Waals surface area contributed by atoms with Gasteiger partial charge in [0.2, 0.25) is 0 Å². The smallest absolute Gasteiger partial charge is 0.410 e. The minimum absolute atomic E-state index is 0.132. The summed E-state index contributed by atoms with van der Waals surface area (Å²) in [7, 11) is 1.51. The lowest BCUT2D eigenvalue weighted by Gasteiger charge is -2.28. The number of benzene rings is 2. The van der Waals surface area contributed by atoms with Crippen molar-refractivity contribution in [2.24, 2.45) is 0 Å². The zero-order valence-electron chi connectivity index (χ0n) is 22.5. The van der Waals surface area contributed by atoms with Crippen molar-refractivity contribution in [1.82, 2.24) is 9.88 Å². The summed E-state index contributed by atoms with van der Waals surface area (Å²) in [5, 5.41) is 10.9. The highest BCUT2D eigenvalue weighted by Crippen LogP contribution is 2.43. The van der Waals surface area contributed by atoms with E-state index in [-0.39, 0.29) is 13.2 Å². The fourth-order valence-corrected chi connectivity index (χ4v) is 5.30. The first kappa shape index (κ1) is 27.2. The number of aliphatic hydroxyl groups excluding tert-OH is 1. The highest BCUT2D eigenvalue weighted by molar-refractivity contribution is 5.92. The van der Waals surface area contributed by atoms with E-state index < -0.39 is 11.7 Å². The molecule has 200 valence electrons. The van der Waals surface area contributed by atoms with Crippen LogP contribution in [0.15, 0.2) is 42.5 Å². The highest BCUT2D eigenvalue weighted by Gasteiger charge is 2.27. The standard InChI is InChI=1S/C30H40N2O5/c1-30(2,3)37-29(34)32(16-17-33)19-23-12-8-9-13-24(23)28-27(22-10-6-5-7-11-22)25-15-14-21(20-36-35-4)18-26(25)31-28/h8-9,12-15,18,22,31,33H,5-7,10-11,16-17,19-20H2,1-4H3. The molecule has 0 saturated heterocycles. The van der Waals surface area contributed by atoms with Gasteiger partial charge in [0.05, 0.1) is 19.4 Å². The molecule has 1 saturated carbocycles. The number of ether oxygens (including phenoxy) is 1. The number of fused-ring (bicyclic) bond motifs is 1. The molecule has 2 N–H and O–H groups in total. The molecule has 1 heterocycles. The Labute approximate surface area is 219 Å². The SMILES string of the molecule is COOCc1ccc2c(C3CCCCC3)c(-c3ccccc3CN(CCO)C(=O)OC(C)(C)C)[nH]c2c1. The van der Waals surface area contributed by atoms with Gasteiger partial charge in [-0.1, -0.05) is 55.7 Å². The van der Waals surface area contributed by atoms with E-state index in [4.69, 9.17) is 14.5 Å². The molecule has 1 fully saturated rings. The quantitative estimate of drug-likeness (QED) is 0.248. The molecule has 37 heavy (non-hydrogen) atoms. The van der Waals surface area contributed by atoms with Gasteiger partial charge in [-0.3, -0.25) is 0 Å². The fraction of sp³-hybridized carbons (Fsp3) is 0.500. The maximum atomic E-state index is 12.9. The highest BCUT2D eigenvalue weighted by atomic mass is 17.2. The van der Waals surface area contributed by atoms with Gasteiger partial charge in [0.1, 0.15) is 12.2 Å². The molecule has 0 bridgehead atoms. The van der Waals surface area contributed by atoms with Crippen LogP contribution in [0.3, 0.4) is 0 Å². The average Bonchev–Trinajstić information content (AvgIpc) is 3.25. The first-order valence-corrected chi connectivity index (χ1v) is 13.3. The minimum atomic E-state index is -0.611. The molecular formula is C30H40N2O5. The minimum Gasteiger partial charge on any atom is -0.444 e. The van der Waals surface area contributed by atoms with E-state index in [1.54, 1.807) is 4.90 Å². The normalized spacial score (nSPS) is 14.7. The van der Waals surface area contributed by atoms with Crippen molar-refractivity contribution in [3.8, 4) is 11.3 Å². The molecule has 1 aliphatic carbocycles. The number of nitrogens with one attached hydrogen (secondary N) is 1. The summed E-state index contributed by atoms with van der Waals surface area (Å²) >= 11 is 0. The number of hydrogen-bond donors (Lipinski definition) is 2. The average molecular weight is 509 g/mol. The Morgan fingerprint density at radius 1 is 1.11 bits per heavy atom. The second kappa shape index (κ2) is 12.1. The second-order valence-corrected chi connectivity index (χ2v) is 10.8. The van der Waals surface area contributed by atoms with E-state index in [9.17, 15) is 9.90 Å². The largest absolute Gasteiger partial charge is 0.444 e. The molecular weight excluding hydrogens is 468 g/mol. The molecule has 4 rings (SSSR count). The van der Waals surface area contributed by atoms with Crippen molar-refractivity contribution in [3.05, 3.63) is 59.2 Å². The van der Waals surface area contributed by atoms with Gasteiger partial charge in [-0.05, 0) is 62.3 Å². The Morgan fingerprint density at radius 3 is 2.57 bits per heavy atom. The molecule has 0 atom stereocenters. The van der Waals surface area contributed by atoms with Gasteiger partial charge in [0.25, 0.3) is 0 Å². The third-order valence-corrected chi connectivity index (χ3v) is 6.93. The topological polar surface area (TPSA) is 84.0 Å². The van der Waals surface area contributed by atoms with Crippen LogP contribution in [0.1, 0.15) is 75.5 Å². The molecule has 7 heteroatoms. The van der Waals surface area contributed by atoms with Crippen molar-refractivity contribution in [2.75, 3.05) is 20.3 Å². The molecule has 0 aliphatic heterocycles. The molecule has 3 aromatic rings. The zero-order valence-corrected chi connectivity index (χ0v) is 22.5. The van der Waals surface area contributed by atoms with Crippen molar-refractivity contribution in [3.63, 3.8) is 0 Å². The maximum Gasteiger partial charge on any atom is 0.410 e. The Balaban J connectivity index is 1.77. The lowest BCUT2D eigenvalue weighted by molar-refractivity contribution is -0.282. The van der Waals surface area contributed by atoms with E-state index in [1.165, 1.54) is 50.2 Å². The summed E-state index contributed by atoms with van der Waals surface area (Å²) in [6.07, 6.45) is 5.68. The van der Waals surface area contributed by atoms with Gasteiger partial charge in [-0.2, -0.15) is 0 Å². The van der Waals surface area contributed by atoms with Crippen LogP contribution in [0.4, 0.5) is 4.79 Å². The van der Waals surface area contributed by atoms with Crippen LogP contribution >= 0.6 is 0 Å². The van der Waals surface area contributed by atoms with Crippen molar-refractivity contribution in [1.29, 1.82) is 0 Å². The Morgan fingerprint density at radius 2 is 1.86 bits per heavy atom. The second-order valence-electron chi connectivity index (χ2n) is 10.8. The van der Waals surface area contributed by atoms with Crippen LogP contribution < -0.4 is 0 Å². The third-order valence-electron chi connectivity index (χ3n) is 6.93. The van der Waals surface area contributed by atoms with Gasteiger partial charge in [0, 0.05) is 29.6 Å². The number of aliphatic hydroxyl groups is 1. The van der Waals surface area contributed by atoms with Crippen molar-refractivity contribution >= 4 is 17.0 Å². The summed E-state index contributed by atoms with van der Waals surface area (Å²) in [6, 6.07) is 14.6. The number of hydrogen-bond acceptors (Lipinski definition) is 5. The number of aromatic amines is 1. The molecule has 1 aromatic heterocycles. The molecule has 7 nitrogen and oxygen atoms in total.